The van der Waals surface area contributed by atoms with Gasteiger partial charge in [0.25, 0.3) is 0 Å². The molecule has 0 spiro atoms. The molecule has 0 aliphatic carbocycles. The van der Waals surface area contributed by atoms with Gasteiger partial charge in [-0.2, -0.15) is 0 Å². The third-order valence-corrected chi connectivity index (χ3v) is 2.54. The van der Waals surface area contributed by atoms with E-state index in [1.165, 1.54) is 19.2 Å². The number of furan rings is 1. The fourth-order valence-electron chi connectivity index (χ4n) is 1.35. The van der Waals surface area contributed by atoms with Crippen molar-refractivity contribution < 1.29 is 18.3 Å². The fraction of sp³-hybridized carbons (Fsp3) is 0.100. The number of esters is 1. The van der Waals surface area contributed by atoms with E-state index in [2.05, 4.69) is 4.74 Å². The van der Waals surface area contributed by atoms with Crippen LogP contribution in [-0.2, 0) is 4.74 Å². The second kappa shape index (κ2) is 3.80. The van der Waals surface area contributed by atoms with E-state index in [9.17, 15) is 9.18 Å². The van der Waals surface area contributed by atoms with Gasteiger partial charge in [-0.1, -0.05) is 0 Å². The number of carbonyl (C=O) groups excluding carboxylic acids is 1. The largest absolute Gasteiger partial charge is 0.465 e. The molecule has 0 bridgehead atoms. The first kappa shape index (κ1) is 10.4. The molecule has 0 amide bonds. The third kappa shape index (κ3) is 1.71. The Labute approximate surface area is 98.3 Å². The van der Waals surface area contributed by atoms with E-state index >= 15 is 0 Å². The molecule has 0 aliphatic rings. The molecule has 1 aromatic carbocycles. The summed E-state index contributed by atoms with van der Waals surface area (Å²) in [7, 11) is 1.28. The standard InChI is InChI=1S/C10H6FIO3/c1-14-10(13)5-2-3-7(11)9-6(5)4-8(12)15-9/h2-4H,1H3. The molecule has 5 heteroatoms. The summed E-state index contributed by atoms with van der Waals surface area (Å²) in [5, 5.41) is 0.436. The van der Waals surface area contributed by atoms with E-state index in [4.69, 9.17) is 4.42 Å². The molecule has 0 radical (unpaired) electrons. The Hall–Kier alpha value is -1.11. The van der Waals surface area contributed by atoms with Gasteiger partial charge in [-0.3, -0.25) is 0 Å². The van der Waals surface area contributed by atoms with Gasteiger partial charge in [0.15, 0.2) is 15.2 Å². The SMILES string of the molecule is COC(=O)c1ccc(F)c2oc(I)cc12. The number of hydrogen-bond acceptors (Lipinski definition) is 3. The highest BCUT2D eigenvalue weighted by Crippen LogP contribution is 2.27. The van der Waals surface area contributed by atoms with Crippen LogP contribution in [0.25, 0.3) is 11.0 Å². The molecular formula is C10H6FIO3. The first-order valence-electron chi connectivity index (χ1n) is 4.09. The van der Waals surface area contributed by atoms with E-state index in [1.807, 2.05) is 22.6 Å². The minimum absolute atomic E-state index is 0.0855. The van der Waals surface area contributed by atoms with Gasteiger partial charge in [-0.25, -0.2) is 9.18 Å². The molecule has 1 aromatic heterocycles. The van der Waals surface area contributed by atoms with Gasteiger partial charge in [0.1, 0.15) is 0 Å². The zero-order valence-electron chi connectivity index (χ0n) is 7.71. The molecule has 1 heterocycles. The monoisotopic (exact) mass is 320 g/mol. The zero-order chi connectivity index (χ0) is 11.0. The maximum Gasteiger partial charge on any atom is 0.338 e. The summed E-state index contributed by atoms with van der Waals surface area (Å²) in [6, 6.07) is 4.18. The van der Waals surface area contributed by atoms with Gasteiger partial charge >= 0.3 is 5.97 Å². The van der Waals surface area contributed by atoms with Gasteiger partial charge in [0, 0.05) is 5.39 Å². The van der Waals surface area contributed by atoms with E-state index in [-0.39, 0.29) is 5.58 Å². The fourth-order valence-corrected chi connectivity index (χ4v) is 1.88. The lowest BCUT2D eigenvalue weighted by Crippen LogP contribution is -2.01. The normalized spacial score (nSPS) is 10.6. The minimum Gasteiger partial charge on any atom is -0.465 e. The van der Waals surface area contributed by atoms with Crippen LogP contribution in [0.1, 0.15) is 10.4 Å². The summed E-state index contributed by atoms with van der Waals surface area (Å²) < 4.78 is 23.5. The highest BCUT2D eigenvalue weighted by Gasteiger charge is 2.16. The molecule has 2 rings (SSSR count). The molecule has 0 saturated carbocycles. The second-order valence-electron chi connectivity index (χ2n) is 2.88. The highest BCUT2D eigenvalue weighted by molar-refractivity contribution is 14.1. The summed E-state index contributed by atoms with van der Waals surface area (Å²) in [4.78, 5) is 11.4. The van der Waals surface area contributed by atoms with Gasteiger partial charge < -0.3 is 9.15 Å². The molecule has 0 aliphatic heterocycles. The Balaban J connectivity index is 2.76. The molecular weight excluding hydrogens is 314 g/mol. The first-order valence-corrected chi connectivity index (χ1v) is 5.17. The lowest BCUT2D eigenvalue weighted by atomic mass is 10.1. The van der Waals surface area contributed by atoms with Crippen molar-refractivity contribution in [1.29, 1.82) is 0 Å². The number of ether oxygens (including phenoxy) is 1. The number of halogens is 2. The first-order chi connectivity index (χ1) is 7.13. The molecule has 2 aromatic rings. The van der Waals surface area contributed by atoms with Crippen molar-refractivity contribution in [2.75, 3.05) is 7.11 Å². The number of fused-ring (bicyclic) bond motifs is 1. The van der Waals surface area contributed by atoms with Crippen molar-refractivity contribution in [2.24, 2.45) is 0 Å². The lowest BCUT2D eigenvalue weighted by Gasteiger charge is -2.00. The molecule has 3 nitrogen and oxygen atoms in total. The summed E-state index contributed by atoms with van der Waals surface area (Å²) in [5.41, 5.74) is 0.392. The smallest absolute Gasteiger partial charge is 0.338 e. The number of methoxy groups -OCH3 is 1. The van der Waals surface area contributed by atoms with Crippen molar-refractivity contribution in [1.82, 2.24) is 0 Å². The summed E-state index contributed by atoms with van der Waals surface area (Å²) in [6.45, 7) is 0. The lowest BCUT2D eigenvalue weighted by molar-refractivity contribution is 0.0603. The van der Waals surface area contributed by atoms with Crippen LogP contribution < -0.4 is 0 Å². The Kier molecular flexibility index (Phi) is 2.64. The molecule has 0 fully saturated rings. The average molecular weight is 320 g/mol. The number of carbonyl (C=O) groups is 1. The van der Waals surface area contributed by atoms with Crippen molar-refractivity contribution in [3.8, 4) is 0 Å². The van der Waals surface area contributed by atoms with Gasteiger partial charge in [0.05, 0.1) is 12.7 Å². The average Bonchev–Trinajstić information content (AvgIpc) is 2.60. The van der Waals surface area contributed by atoms with Crippen LogP contribution in [0.2, 0.25) is 0 Å². The Morgan fingerprint density at radius 1 is 1.53 bits per heavy atom. The summed E-state index contributed by atoms with van der Waals surface area (Å²) in [5.74, 6) is -0.988. The van der Waals surface area contributed by atoms with Crippen molar-refractivity contribution in [3.05, 3.63) is 33.3 Å². The third-order valence-electron chi connectivity index (χ3n) is 2.01. The predicted molar refractivity (Wildman–Crippen MR) is 60.2 cm³/mol. The molecule has 0 unspecified atom stereocenters. The van der Waals surface area contributed by atoms with Crippen LogP contribution in [0.3, 0.4) is 0 Å². The molecule has 78 valence electrons. The highest BCUT2D eigenvalue weighted by atomic mass is 127. The minimum atomic E-state index is -0.503. The van der Waals surface area contributed by atoms with Gasteiger partial charge in [-0.05, 0) is 40.8 Å². The van der Waals surface area contributed by atoms with Gasteiger partial charge in [0.2, 0.25) is 0 Å². The summed E-state index contributed by atoms with van der Waals surface area (Å²) >= 11 is 1.92. The van der Waals surface area contributed by atoms with E-state index in [0.29, 0.717) is 14.7 Å². The number of benzene rings is 1. The van der Waals surface area contributed by atoms with Crippen molar-refractivity contribution >= 4 is 39.5 Å². The topological polar surface area (TPSA) is 39.4 Å². The second-order valence-corrected chi connectivity index (χ2v) is 3.94. The Morgan fingerprint density at radius 2 is 2.27 bits per heavy atom. The predicted octanol–water partition coefficient (Wildman–Crippen LogP) is 2.96. The van der Waals surface area contributed by atoms with E-state index < -0.39 is 11.8 Å². The molecule has 15 heavy (non-hydrogen) atoms. The number of hydrogen-bond donors (Lipinski definition) is 0. The molecule has 0 N–H and O–H groups in total. The van der Waals surface area contributed by atoms with E-state index in [0.717, 1.165) is 0 Å². The summed E-state index contributed by atoms with van der Waals surface area (Å²) in [6.07, 6.45) is 0. The Morgan fingerprint density at radius 3 is 2.93 bits per heavy atom. The van der Waals surface area contributed by atoms with E-state index in [1.54, 1.807) is 6.07 Å². The molecule has 0 saturated heterocycles. The number of rotatable bonds is 1. The maximum atomic E-state index is 13.3. The van der Waals surface area contributed by atoms with Crippen LogP contribution in [-0.4, -0.2) is 13.1 Å². The van der Waals surface area contributed by atoms with Crippen molar-refractivity contribution in [2.45, 2.75) is 0 Å². The van der Waals surface area contributed by atoms with Gasteiger partial charge in [-0.15, -0.1) is 0 Å². The van der Waals surface area contributed by atoms with Crippen LogP contribution in [0, 0.1) is 9.58 Å². The van der Waals surface area contributed by atoms with Crippen molar-refractivity contribution in [3.63, 3.8) is 0 Å². The van der Waals surface area contributed by atoms with Crippen LogP contribution >= 0.6 is 22.6 Å². The zero-order valence-corrected chi connectivity index (χ0v) is 9.87. The molecule has 0 atom stereocenters. The van der Waals surface area contributed by atoms with Crippen LogP contribution in [0.15, 0.2) is 22.6 Å². The van der Waals surface area contributed by atoms with Crippen LogP contribution in [0.4, 0.5) is 4.39 Å². The maximum absolute atomic E-state index is 13.3. The van der Waals surface area contributed by atoms with Crippen LogP contribution in [0.5, 0.6) is 0 Å². The quantitative estimate of drug-likeness (QED) is 0.599. The Bertz CT molecular complexity index is 533.